The molecule has 1 fully saturated rings. The van der Waals surface area contributed by atoms with Crippen molar-refractivity contribution < 1.29 is 0 Å². The molecule has 0 bridgehead atoms. The van der Waals surface area contributed by atoms with Crippen LogP contribution in [0.4, 0.5) is 0 Å². The Morgan fingerprint density at radius 1 is 0.750 bits per heavy atom. The van der Waals surface area contributed by atoms with E-state index in [2.05, 4.69) is 13.8 Å². The predicted molar refractivity (Wildman–Crippen MR) is 82.2 cm³/mol. The lowest BCUT2D eigenvalue weighted by Crippen LogP contribution is -2.16. The first kappa shape index (κ1) is 14.9. The Morgan fingerprint density at radius 3 is 1.44 bits per heavy atom. The van der Waals surface area contributed by atoms with Crippen LogP contribution in [0.2, 0.25) is 0 Å². The number of hydrogen-bond acceptors (Lipinski definition) is 0. The minimum Gasteiger partial charge on any atom is -0.119 e. The smallest absolute Gasteiger partial charge is 0.0236 e. The summed E-state index contributed by atoms with van der Waals surface area (Å²) < 4.78 is 0. The molecule has 96 valence electrons. The molecule has 2 unspecified atom stereocenters. The van der Waals surface area contributed by atoms with Crippen molar-refractivity contribution in [2.24, 2.45) is 0 Å². The first-order valence-electron chi connectivity index (χ1n) is 7.33. The van der Waals surface area contributed by atoms with Gasteiger partial charge in [-0.2, -0.15) is 0 Å². The molecule has 2 atom stereocenters. The first-order valence-corrected chi connectivity index (χ1v) is 9.90. The second-order valence-corrected chi connectivity index (χ2v) is 8.61. The van der Waals surface area contributed by atoms with E-state index in [0.717, 1.165) is 11.3 Å². The van der Waals surface area contributed by atoms with E-state index in [1.807, 2.05) is 0 Å². The van der Waals surface area contributed by atoms with Crippen LogP contribution in [-0.2, 0) is 0 Å². The van der Waals surface area contributed by atoms with Gasteiger partial charge in [-0.15, -0.1) is 17.2 Å². The third-order valence-electron chi connectivity index (χ3n) is 3.65. The average Bonchev–Trinajstić information content (AvgIpc) is 2.32. The highest BCUT2D eigenvalue weighted by molar-refractivity contribution is 7.39. The Kier molecular flexibility index (Phi) is 9.18. The van der Waals surface area contributed by atoms with Crippen molar-refractivity contribution in [3.05, 3.63) is 0 Å². The lowest BCUT2D eigenvalue weighted by molar-refractivity contribution is 0.522. The zero-order valence-electron chi connectivity index (χ0n) is 11.2. The summed E-state index contributed by atoms with van der Waals surface area (Å²) in [5.41, 5.74) is 2.25. The summed E-state index contributed by atoms with van der Waals surface area (Å²) >= 11 is 0. The van der Waals surface area contributed by atoms with Gasteiger partial charge in [0.1, 0.15) is 0 Å². The molecule has 1 aliphatic rings. The molecule has 1 aliphatic carbocycles. The van der Waals surface area contributed by atoms with Gasteiger partial charge in [0, 0.05) is 0 Å². The summed E-state index contributed by atoms with van der Waals surface area (Å²) in [4.78, 5) is 0. The van der Waals surface area contributed by atoms with E-state index in [1.165, 1.54) is 55.2 Å². The van der Waals surface area contributed by atoms with Crippen molar-refractivity contribution in [3.63, 3.8) is 0 Å². The van der Waals surface area contributed by atoms with Gasteiger partial charge >= 0.3 is 0 Å². The lowest BCUT2D eigenvalue weighted by atomic mass is 10.00. The van der Waals surface area contributed by atoms with Crippen LogP contribution in [0.1, 0.15) is 65.2 Å². The molecule has 0 heterocycles. The summed E-state index contributed by atoms with van der Waals surface area (Å²) in [6.45, 7) is 4.63. The molecule has 0 N–H and O–H groups in total. The molecule has 0 aromatic carbocycles. The molecule has 0 spiro atoms. The summed E-state index contributed by atoms with van der Waals surface area (Å²) in [5, 5.41) is 0. The molecular formula is C14H30P2. The van der Waals surface area contributed by atoms with E-state index in [0.29, 0.717) is 0 Å². The van der Waals surface area contributed by atoms with Gasteiger partial charge in [0.2, 0.25) is 0 Å². The monoisotopic (exact) mass is 260 g/mol. The van der Waals surface area contributed by atoms with Crippen LogP contribution >= 0.6 is 17.2 Å². The first-order chi connectivity index (χ1) is 7.86. The maximum atomic E-state index is 2.32. The van der Waals surface area contributed by atoms with Gasteiger partial charge in [0.05, 0.1) is 0 Å². The van der Waals surface area contributed by atoms with Crippen LogP contribution in [0.5, 0.6) is 0 Å². The Balaban J connectivity index is 2.00. The second kappa shape index (κ2) is 9.85. The van der Waals surface area contributed by atoms with Crippen LogP contribution in [0, 0.1) is 0 Å². The maximum absolute atomic E-state index is 2.32. The fourth-order valence-electron chi connectivity index (χ4n) is 2.47. The lowest BCUT2D eigenvalue weighted by Gasteiger charge is -2.28. The van der Waals surface area contributed by atoms with Gasteiger partial charge in [0.25, 0.3) is 0 Å². The molecule has 0 amide bonds. The standard InChI is InChI=1S/C14H30P2/c1-3-5-11-15-13-7-9-14(10-8-13)16-12-6-4-2/h13-16H,3-12H2,1-2H3. The number of unbranched alkanes of at least 4 members (excludes halogenated alkanes) is 2. The summed E-state index contributed by atoms with van der Waals surface area (Å²) in [6.07, 6.45) is 15.0. The fourth-order valence-corrected chi connectivity index (χ4v) is 5.88. The number of rotatable bonds is 8. The summed E-state index contributed by atoms with van der Waals surface area (Å²) in [6, 6.07) is 0. The van der Waals surface area contributed by atoms with E-state index in [4.69, 9.17) is 0 Å². The van der Waals surface area contributed by atoms with Gasteiger partial charge in [0.15, 0.2) is 0 Å². The van der Waals surface area contributed by atoms with Crippen molar-refractivity contribution in [2.45, 2.75) is 76.5 Å². The normalized spacial score (nSPS) is 27.4. The molecular weight excluding hydrogens is 230 g/mol. The van der Waals surface area contributed by atoms with Crippen molar-refractivity contribution in [3.8, 4) is 0 Å². The van der Waals surface area contributed by atoms with Gasteiger partial charge in [-0.25, -0.2) is 0 Å². The predicted octanol–water partition coefficient (Wildman–Crippen LogP) is 5.25. The zero-order chi connectivity index (χ0) is 11.6. The largest absolute Gasteiger partial charge is 0.119 e. The van der Waals surface area contributed by atoms with Crippen molar-refractivity contribution in [2.75, 3.05) is 12.3 Å². The van der Waals surface area contributed by atoms with Crippen LogP contribution in [0.25, 0.3) is 0 Å². The fraction of sp³-hybridized carbons (Fsp3) is 1.00. The van der Waals surface area contributed by atoms with Gasteiger partial charge in [-0.3, -0.25) is 0 Å². The second-order valence-electron chi connectivity index (χ2n) is 5.16. The molecule has 2 heteroatoms. The van der Waals surface area contributed by atoms with E-state index in [9.17, 15) is 0 Å². The van der Waals surface area contributed by atoms with Gasteiger partial charge < -0.3 is 0 Å². The molecule has 0 aliphatic heterocycles. The van der Waals surface area contributed by atoms with Crippen molar-refractivity contribution >= 4 is 17.2 Å². The van der Waals surface area contributed by atoms with E-state index >= 15 is 0 Å². The summed E-state index contributed by atoms with van der Waals surface area (Å²) in [5.74, 6) is 0. The van der Waals surface area contributed by atoms with Crippen LogP contribution < -0.4 is 0 Å². The Morgan fingerprint density at radius 2 is 1.12 bits per heavy atom. The van der Waals surface area contributed by atoms with Crippen LogP contribution in [0.15, 0.2) is 0 Å². The minimum atomic E-state index is 1.12. The third-order valence-corrected chi connectivity index (χ3v) is 7.25. The molecule has 1 saturated carbocycles. The highest BCUT2D eigenvalue weighted by atomic mass is 31.1. The Hall–Kier alpha value is 0.860. The van der Waals surface area contributed by atoms with E-state index < -0.39 is 0 Å². The SMILES string of the molecule is CCCCPC1CCC(PCCCC)CC1. The van der Waals surface area contributed by atoms with E-state index in [-0.39, 0.29) is 0 Å². The average molecular weight is 260 g/mol. The quantitative estimate of drug-likeness (QED) is 0.413. The van der Waals surface area contributed by atoms with Crippen LogP contribution in [-0.4, -0.2) is 23.6 Å². The minimum absolute atomic E-state index is 1.12. The summed E-state index contributed by atoms with van der Waals surface area (Å²) in [7, 11) is 2.57. The highest BCUT2D eigenvalue weighted by Gasteiger charge is 2.20. The molecule has 1 rings (SSSR count). The van der Waals surface area contributed by atoms with E-state index in [1.54, 1.807) is 25.7 Å². The number of hydrogen-bond donors (Lipinski definition) is 0. The molecule has 0 saturated heterocycles. The third kappa shape index (κ3) is 6.56. The Labute approximate surface area is 106 Å². The molecule has 0 radical (unpaired) electrons. The zero-order valence-corrected chi connectivity index (χ0v) is 13.2. The molecule has 0 nitrogen and oxygen atoms in total. The molecule has 0 aromatic rings. The van der Waals surface area contributed by atoms with Crippen molar-refractivity contribution in [1.29, 1.82) is 0 Å². The topological polar surface area (TPSA) is 0 Å². The van der Waals surface area contributed by atoms with Crippen LogP contribution in [0.3, 0.4) is 0 Å². The molecule has 16 heavy (non-hydrogen) atoms. The van der Waals surface area contributed by atoms with Gasteiger partial charge in [-0.05, 0) is 62.2 Å². The molecule has 0 aromatic heterocycles. The van der Waals surface area contributed by atoms with Crippen molar-refractivity contribution in [1.82, 2.24) is 0 Å². The highest BCUT2D eigenvalue weighted by Crippen LogP contribution is 2.39. The van der Waals surface area contributed by atoms with Gasteiger partial charge in [-0.1, -0.05) is 26.7 Å². The Bertz CT molecular complexity index is 133. The maximum Gasteiger partial charge on any atom is -0.0236 e.